The van der Waals surface area contributed by atoms with E-state index in [1.807, 2.05) is 25.1 Å². The van der Waals surface area contributed by atoms with Crippen LogP contribution in [0.3, 0.4) is 0 Å². The van der Waals surface area contributed by atoms with Crippen molar-refractivity contribution in [2.24, 2.45) is 0 Å². The Labute approximate surface area is 176 Å². The smallest absolute Gasteiger partial charge is 0.406 e. The number of likely N-dealkylation sites (tertiary alicyclic amines) is 1. The predicted octanol–water partition coefficient (Wildman–Crippen LogP) is 4.50. The highest BCUT2D eigenvalue weighted by atomic mass is 19.4. The number of aromatic nitrogens is 2. The number of hydrogen-bond acceptors (Lipinski definition) is 5. The second-order valence-electron chi connectivity index (χ2n) is 7.51. The minimum atomic E-state index is -4.75. The first-order valence-corrected chi connectivity index (χ1v) is 9.80. The van der Waals surface area contributed by atoms with Gasteiger partial charge in [-0.15, -0.1) is 13.2 Å². The molecule has 0 saturated carbocycles. The van der Waals surface area contributed by atoms with E-state index in [1.54, 1.807) is 4.90 Å². The van der Waals surface area contributed by atoms with E-state index in [9.17, 15) is 18.0 Å². The molecule has 1 aliphatic rings. The number of ether oxygens (including phenoxy) is 1. The molecule has 0 N–H and O–H groups in total. The number of aryl methyl sites for hydroxylation is 1. The molecule has 1 amide bonds. The minimum absolute atomic E-state index is 0.0334. The largest absolute Gasteiger partial charge is 0.573 e. The molecule has 1 fully saturated rings. The van der Waals surface area contributed by atoms with Crippen molar-refractivity contribution in [2.75, 3.05) is 13.1 Å². The van der Waals surface area contributed by atoms with Gasteiger partial charge in [0.2, 0.25) is 17.6 Å². The second kappa shape index (κ2) is 8.41. The average molecular weight is 431 g/mol. The Morgan fingerprint density at radius 2 is 1.97 bits per heavy atom. The van der Waals surface area contributed by atoms with E-state index in [1.165, 1.54) is 35.4 Å². The molecule has 0 spiro atoms. The zero-order valence-electron chi connectivity index (χ0n) is 16.7. The van der Waals surface area contributed by atoms with Gasteiger partial charge in [0.1, 0.15) is 5.75 Å². The van der Waals surface area contributed by atoms with E-state index in [0.717, 1.165) is 6.42 Å². The van der Waals surface area contributed by atoms with Gasteiger partial charge in [0, 0.05) is 25.1 Å². The van der Waals surface area contributed by atoms with Gasteiger partial charge in [0.05, 0.1) is 5.92 Å². The van der Waals surface area contributed by atoms with Crippen molar-refractivity contribution in [3.63, 3.8) is 0 Å². The Morgan fingerprint density at radius 3 is 2.68 bits per heavy atom. The lowest BCUT2D eigenvalue weighted by Gasteiger charge is -2.16. The number of halogens is 3. The summed E-state index contributed by atoms with van der Waals surface area (Å²) in [6, 6.07) is 13.4. The third kappa shape index (κ3) is 5.22. The molecule has 3 aromatic rings. The van der Waals surface area contributed by atoms with Gasteiger partial charge in [-0.25, -0.2) is 0 Å². The molecule has 1 aliphatic heterocycles. The summed E-state index contributed by atoms with van der Waals surface area (Å²) in [5.41, 5.74) is 2.85. The van der Waals surface area contributed by atoms with Crippen LogP contribution in [0.2, 0.25) is 0 Å². The van der Waals surface area contributed by atoms with Crippen LogP contribution in [0.1, 0.15) is 29.4 Å². The molecule has 0 aliphatic carbocycles. The summed E-state index contributed by atoms with van der Waals surface area (Å²) in [7, 11) is 0. The molecule has 1 atom stereocenters. The molecule has 6 nitrogen and oxygen atoms in total. The third-order valence-corrected chi connectivity index (χ3v) is 5.10. The van der Waals surface area contributed by atoms with Crippen LogP contribution in [0.15, 0.2) is 53.1 Å². The van der Waals surface area contributed by atoms with Crippen LogP contribution in [-0.4, -0.2) is 40.4 Å². The van der Waals surface area contributed by atoms with Gasteiger partial charge in [-0.2, -0.15) is 4.98 Å². The zero-order valence-corrected chi connectivity index (χ0v) is 16.7. The van der Waals surface area contributed by atoms with E-state index < -0.39 is 6.36 Å². The highest BCUT2D eigenvalue weighted by Crippen LogP contribution is 2.30. The number of amides is 1. The van der Waals surface area contributed by atoms with E-state index in [0.29, 0.717) is 24.5 Å². The SMILES string of the molecule is Cc1cccc(CCN2CC(c3nc(-c4ccc(OC(F)(F)F)cc4)no3)CC2=O)c1. The lowest BCUT2D eigenvalue weighted by Crippen LogP contribution is -2.27. The molecule has 0 radical (unpaired) electrons. The number of nitrogens with zero attached hydrogens (tertiary/aromatic N) is 3. The van der Waals surface area contributed by atoms with Crippen LogP contribution < -0.4 is 4.74 Å². The molecular weight excluding hydrogens is 411 g/mol. The maximum Gasteiger partial charge on any atom is 0.573 e. The van der Waals surface area contributed by atoms with Gasteiger partial charge < -0.3 is 14.2 Å². The van der Waals surface area contributed by atoms with Crippen LogP contribution in [0, 0.1) is 6.92 Å². The maximum absolute atomic E-state index is 12.4. The van der Waals surface area contributed by atoms with E-state index in [-0.39, 0.29) is 29.8 Å². The van der Waals surface area contributed by atoms with Gasteiger partial charge in [-0.05, 0) is 43.2 Å². The third-order valence-electron chi connectivity index (χ3n) is 5.10. The van der Waals surface area contributed by atoms with Crippen LogP contribution in [0.25, 0.3) is 11.4 Å². The first-order valence-electron chi connectivity index (χ1n) is 9.80. The van der Waals surface area contributed by atoms with Crippen LogP contribution in [0.5, 0.6) is 5.75 Å². The Bertz CT molecular complexity index is 1060. The summed E-state index contributed by atoms with van der Waals surface area (Å²) >= 11 is 0. The molecule has 162 valence electrons. The Balaban J connectivity index is 1.38. The van der Waals surface area contributed by atoms with Gasteiger partial charge in [0.15, 0.2) is 0 Å². The molecule has 4 rings (SSSR count). The van der Waals surface area contributed by atoms with Crippen molar-refractivity contribution in [2.45, 2.75) is 32.0 Å². The van der Waals surface area contributed by atoms with Crippen molar-refractivity contribution in [3.8, 4) is 17.1 Å². The maximum atomic E-state index is 12.4. The molecule has 0 bridgehead atoms. The van der Waals surface area contributed by atoms with Gasteiger partial charge in [-0.1, -0.05) is 35.0 Å². The standard InChI is InChI=1S/C22H20F3N3O3/c1-14-3-2-4-15(11-14)9-10-28-13-17(12-19(28)29)21-26-20(27-31-21)16-5-7-18(8-6-16)30-22(23,24)25/h2-8,11,17H,9-10,12-13H2,1H3. The summed E-state index contributed by atoms with van der Waals surface area (Å²) in [6.45, 7) is 3.13. The number of carbonyl (C=O) groups is 1. The van der Waals surface area contributed by atoms with Gasteiger partial charge in [-0.3, -0.25) is 4.79 Å². The Morgan fingerprint density at radius 1 is 1.19 bits per heavy atom. The predicted molar refractivity (Wildman–Crippen MR) is 105 cm³/mol. The minimum Gasteiger partial charge on any atom is -0.406 e. The topological polar surface area (TPSA) is 68.5 Å². The number of carbonyl (C=O) groups excluding carboxylic acids is 1. The fourth-order valence-corrected chi connectivity index (χ4v) is 3.61. The van der Waals surface area contributed by atoms with E-state index in [4.69, 9.17) is 4.52 Å². The fraction of sp³-hybridized carbons (Fsp3) is 0.318. The monoisotopic (exact) mass is 431 g/mol. The van der Waals surface area contributed by atoms with Crippen molar-refractivity contribution in [1.29, 1.82) is 0 Å². The summed E-state index contributed by atoms with van der Waals surface area (Å²) in [5, 5.41) is 3.91. The first-order chi connectivity index (χ1) is 14.8. The molecule has 31 heavy (non-hydrogen) atoms. The molecule has 1 unspecified atom stereocenters. The van der Waals surface area contributed by atoms with Crippen molar-refractivity contribution < 1.29 is 27.2 Å². The van der Waals surface area contributed by atoms with Crippen LogP contribution in [0.4, 0.5) is 13.2 Å². The summed E-state index contributed by atoms with van der Waals surface area (Å²) in [6.07, 6.45) is -3.70. The van der Waals surface area contributed by atoms with Gasteiger partial charge >= 0.3 is 6.36 Å². The van der Waals surface area contributed by atoms with E-state index >= 15 is 0 Å². The quantitative estimate of drug-likeness (QED) is 0.575. The number of alkyl halides is 3. The lowest BCUT2D eigenvalue weighted by atomic mass is 10.1. The molecular formula is C22H20F3N3O3. The van der Waals surface area contributed by atoms with Gasteiger partial charge in [0.25, 0.3) is 0 Å². The molecule has 2 aromatic carbocycles. The lowest BCUT2D eigenvalue weighted by molar-refractivity contribution is -0.274. The molecule has 1 aromatic heterocycles. The van der Waals surface area contributed by atoms with Crippen LogP contribution in [-0.2, 0) is 11.2 Å². The van der Waals surface area contributed by atoms with Crippen molar-refractivity contribution in [3.05, 3.63) is 65.5 Å². The number of benzene rings is 2. The fourth-order valence-electron chi connectivity index (χ4n) is 3.61. The Kier molecular flexibility index (Phi) is 5.67. The molecule has 2 heterocycles. The number of rotatable bonds is 6. The second-order valence-corrected chi connectivity index (χ2v) is 7.51. The molecule has 1 saturated heterocycles. The average Bonchev–Trinajstić information content (AvgIpc) is 3.33. The summed E-state index contributed by atoms with van der Waals surface area (Å²) < 4.78 is 46.0. The number of hydrogen-bond donors (Lipinski definition) is 0. The summed E-state index contributed by atoms with van der Waals surface area (Å²) in [5.74, 6) is 0.0898. The van der Waals surface area contributed by atoms with E-state index in [2.05, 4.69) is 20.9 Å². The highest BCUT2D eigenvalue weighted by molar-refractivity contribution is 5.79. The summed E-state index contributed by atoms with van der Waals surface area (Å²) in [4.78, 5) is 18.5. The Hall–Kier alpha value is -3.36. The zero-order chi connectivity index (χ0) is 22.0. The molecule has 9 heteroatoms. The van der Waals surface area contributed by atoms with Crippen molar-refractivity contribution >= 4 is 5.91 Å². The normalized spacial score (nSPS) is 16.7. The van der Waals surface area contributed by atoms with Crippen LogP contribution >= 0.6 is 0 Å². The van der Waals surface area contributed by atoms with Crippen molar-refractivity contribution in [1.82, 2.24) is 15.0 Å². The highest BCUT2D eigenvalue weighted by Gasteiger charge is 2.34. The first kappa shape index (κ1) is 20.9.